The minimum Gasteiger partial charge on any atom is -0.376 e. The molecule has 0 heterocycles. The van der Waals surface area contributed by atoms with Crippen molar-refractivity contribution in [3.63, 3.8) is 0 Å². The standard InChI is InChI=1S/C21H43NO/c1-3-4-5-6-7-8-9-10-11-12-13-14-15-16-17-18-19-20-21(2,22)23/h10-11,23H,3-9,12-20,22H2,1-2H3/b11-10-. The Kier molecular flexibility index (Phi) is 16.3. The van der Waals surface area contributed by atoms with Crippen molar-refractivity contribution in [2.24, 2.45) is 5.73 Å². The molecule has 1 unspecified atom stereocenters. The molecule has 0 aromatic rings. The molecule has 0 bridgehead atoms. The van der Waals surface area contributed by atoms with Crippen molar-refractivity contribution in [1.29, 1.82) is 0 Å². The summed E-state index contributed by atoms with van der Waals surface area (Å²) >= 11 is 0. The van der Waals surface area contributed by atoms with Gasteiger partial charge in [-0.15, -0.1) is 0 Å². The van der Waals surface area contributed by atoms with E-state index in [0.29, 0.717) is 0 Å². The van der Waals surface area contributed by atoms with Gasteiger partial charge in [0.1, 0.15) is 5.72 Å². The lowest BCUT2D eigenvalue weighted by Gasteiger charge is -2.16. The number of hydrogen-bond acceptors (Lipinski definition) is 2. The average molecular weight is 326 g/mol. The van der Waals surface area contributed by atoms with E-state index < -0.39 is 5.72 Å². The highest BCUT2D eigenvalue weighted by atomic mass is 16.3. The number of aliphatic hydroxyl groups is 1. The van der Waals surface area contributed by atoms with E-state index in [1.165, 1.54) is 89.9 Å². The first-order valence-electron chi connectivity index (χ1n) is 10.2. The maximum absolute atomic E-state index is 9.41. The van der Waals surface area contributed by atoms with Crippen LogP contribution in [-0.4, -0.2) is 10.8 Å². The topological polar surface area (TPSA) is 46.2 Å². The van der Waals surface area contributed by atoms with Gasteiger partial charge in [0.05, 0.1) is 0 Å². The van der Waals surface area contributed by atoms with E-state index in [1.807, 2.05) is 0 Å². The Morgan fingerprint density at radius 3 is 1.52 bits per heavy atom. The second-order valence-electron chi connectivity index (χ2n) is 7.40. The Balaban J connectivity index is 3.11. The molecule has 0 radical (unpaired) electrons. The number of hydrogen-bond donors (Lipinski definition) is 2. The van der Waals surface area contributed by atoms with Crippen molar-refractivity contribution in [3.05, 3.63) is 12.2 Å². The van der Waals surface area contributed by atoms with E-state index in [2.05, 4.69) is 19.1 Å². The highest BCUT2D eigenvalue weighted by Crippen LogP contribution is 2.13. The highest BCUT2D eigenvalue weighted by Gasteiger charge is 2.11. The van der Waals surface area contributed by atoms with Crippen LogP contribution in [0.3, 0.4) is 0 Å². The molecule has 0 aromatic heterocycles. The summed E-state index contributed by atoms with van der Waals surface area (Å²) in [5.41, 5.74) is 4.58. The molecule has 1 atom stereocenters. The van der Waals surface area contributed by atoms with Crippen molar-refractivity contribution in [2.45, 2.75) is 122 Å². The van der Waals surface area contributed by atoms with Crippen LogP contribution in [0.15, 0.2) is 12.2 Å². The molecule has 0 saturated carbocycles. The first-order chi connectivity index (χ1) is 11.1. The van der Waals surface area contributed by atoms with E-state index in [4.69, 9.17) is 5.73 Å². The molecule has 0 saturated heterocycles. The van der Waals surface area contributed by atoms with E-state index in [1.54, 1.807) is 6.92 Å². The van der Waals surface area contributed by atoms with Gasteiger partial charge in [0.15, 0.2) is 0 Å². The van der Waals surface area contributed by atoms with Gasteiger partial charge in [-0.05, 0) is 45.4 Å². The van der Waals surface area contributed by atoms with Crippen LogP contribution in [0, 0.1) is 0 Å². The Hall–Kier alpha value is -0.340. The molecule has 2 heteroatoms. The third kappa shape index (κ3) is 21.7. The molecular weight excluding hydrogens is 282 g/mol. The Morgan fingerprint density at radius 1 is 0.696 bits per heavy atom. The average Bonchev–Trinajstić information content (AvgIpc) is 2.49. The second kappa shape index (κ2) is 16.5. The Morgan fingerprint density at radius 2 is 1.09 bits per heavy atom. The fourth-order valence-corrected chi connectivity index (χ4v) is 2.91. The van der Waals surface area contributed by atoms with E-state index in [0.717, 1.165) is 12.8 Å². The van der Waals surface area contributed by atoms with Crippen LogP contribution in [0.4, 0.5) is 0 Å². The van der Waals surface area contributed by atoms with Gasteiger partial charge in [0, 0.05) is 0 Å². The van der Waals surface area contributed by atoms with Gasteiger partial charge in [0.2, 0.25) is 0 Å². The molecule has 0 fully saturated rings. The minimum absolute atomic E-state index is 0.719. The molecule has 0 rings (SSSR count). The normalized spacial score (nSPS) is 14.4. The van der Waals surface area contributed by atoms with Gasteiger partial charge < -0.3 is 10.8 Å². The summed E-state index contributed by atoms with van der Waals surface area (Å²) in [4.78, 5) is 0. The van der Waals surface area contributed by atoms with E-state index in [-0.39, 0.29) is 0 Å². The molecule has 138 valence electrons. The van der Waals surface area contributed by atoms with Crippen LogP contribution in [0.1, 0.15) is 117 Å². The molecule has 0 aromatic carbocycles. The summed E-state index contributed by atoms with van der Waals surface area (Å²) in [7, 11) is 0. The van der Waals surface area contributed by atoms with Crippen LogP contribution in [0.25, 0.3) is 0 Å². The van der Waals surface area contributed by atoms with Crippen molar-refractivity contribution >= 4 is 0 Å². The van der Waals surface area contributed by atoms with Crippen LogP contribution in [0.5, 0.6) is 0 Å². The van der Waals surface area contributed by atoms with Gasteiger partial charge >= 0.3 is 0 Å². The molecular formula is C21H43NO. The molecule has 23 heavy (non-hydrogen) atoms. The van der Waals surface area contributed by atoms with Crippen LogP contribution in [-0.2, 0) is 0 Å². The molecule has 0 aliphatic rings. The van der Waals surface area contributed by atoms with Gasteiger partial charge in [-0.2, -0.15) is 0 Å². The fraction of sp³-hybridized carbons (Fsp3) is 0.905. The predicted octanol–water partition coefficient (Wildman–Crippen LogP) is 6.47. The Labute approximate surface area is 145 Å². The van der Waals surface area contributed by atoms with Crippen molar-refractivity contribution in [2.75, 3.05) is 0 Å². The third-order valence-electron chi connectivity index (χ3n) is 4.44. The summed E-state index contributed by atoms with van der Waals surface area (Å²) in [5.74, 6) is 0. The summed E-state index contributed by atoms with van der Waals surface area (Å²) < 4.78 is 0. The molecule has 0 amide bonds. The van der Waals surface area contributed by atoms with Gasteiger partial charge in [-0.3, -0.25) is 0 Å². The molecule has 0 aliphatic heterocycles. The largest absolute Gasteiger partial charge is 0.376 e. The summed E-state index contributed by atoms with van der Waals surface area (Å²) in [5, 5.41) is 9.41. The van der Waals surface area contributed by atoms with Crippen molar-refractivity contribution in [1.82, 2.24) is 0 Å². The number of rotatable bonds is 17. The van der Waals surface area contributed by atoms with Crippen LogP contribution >= 0.6 is 0 Å². The zero-order valence-corrected chi connectivity index (χ0v) is 16.0. The lowest BCUT2D eigenvalue weighted by Crippen LogP contribution is -2.35. The lowest BCUT2D eigenvalue weighted by atomic mass is 10.0. The van der Waals surface area contributed by atoms with Crippen molar-refractivity contribution < 1.29 is 5.11 Å². The molecule has 0 aliphatic carbocycles. The monoisotopic (exact) mass is 325 g/mol. The maximum atomic E-state index is 9.41. The van der Waals surface area contributed by atoms with Crippen LogP contribution < -0.4 is 5.73 Å². The SMILES string of the molecule is CCCCCCCC/C=C\CCCCCCCCCC(C)(N)O. The van der Waals surface area contributed by atoms with Crippen LogP contribution in [0.2, 0.25) is 0 Å². The maximum Gasteiger partial charge on any atom is 0.110 e. The fourth-order valence-electron chi connectivity index (χ4n) is 2.91. The first kappa shape index (κ1) is 22.7. The zero-order chi connectivity index (χ0) is 17.2. The number of unbranched alkanes of at least 4 members (excludes halogenated alkanes) is 13. The summed E-state index contributed by atoms with van der Waals surface area (Å²) in [6, 6.07) is 0. The highest BCUT2D eigenvalue weighted by molar-refractivity contribution is 4.81. The molecule has 3 N–H and O–H groups in total. The summed E-state index contributed by atoms with van der Waals surface area (Å²) in [6.45, 7) is 3.96. The number of nitrogens with two attached hydrogens (primary N) is 1. The van der Waals surface area contributed by atoms with Gasteiger partial charge in [-0.1, -0.05) is 83.3 Å². The zero-order valence-electron chi connectivity index (χ0n) is 16.0. The third-order valence-corrected chi connectivity index (χ3v) is 4.44. The second-order valence-corrected chi connectivity index (χ2v) is 7.40. The minimum atomic E-state index is -0.970. The van der Waals surface area contributed by atoms with Gasteiger partial charge in [0.25, 0.3) is 0 Å². The quantitative estimate of drug-likeness (QED) is 0.183. The lowest BCUT2D eigenvalue weighted by molar-refractivity contribution is 0.0550. The molecule has 0 spiro atoms. The Bertz CT molecular complexity index is 255. The van der Waals surface area contributed by atoms with E-state index in [9.17, 15) is 5.11 Å². The molecule has 2 nitrogen and oxygen atoms in total. The van der Waals surface area contributed by atoms with Crippen molar-refractivity contribution in [3.8, 4) is 0 Å². The van der Waals surface area contributed by atoms with E-state index >= 15 is 0 Å². The van der Waals surface area contributed by atoms with Gasteiger partial charge in [-0.25, -0.2) is 0 Å². The first-order valence-corrected chi connectivity index (χ1v) is 10.2. The smallest absolute Gasteiger partial charge is 0.110 e. The summed E-state index contributed by atoms with van der Waals surface area (Å²) in [6.07, 6.45) is 25.3. The number of allylic oxidation sites excluding steroid dienone is 2. The predicted molar refractivity (Wildman–Crippen MR) is 103 cm³/mol.